The number of thioether (sulfide) groups is 1. The Balaban J connectivity index is 2.54. The summed E-state index contributed by atoms with van der Waals surface area (Å²) in [5.41, 5.74) is 7.89. The van der Waals surface area contributed by atoms with Crippen LogP contribution in [0.3, 0.4) is 0 Å². The molecule has 0 aliphatic rings. The maximum atomic E-state index is 5.59. The first-order valence-corrected chi connectivity index (χ1v) is 5.96. The highest BCUT2D eigenvalue weighted by Gasteiger charge is 2.05. The number of aryl methyl sites for hydroxylation is 1. The van der Waals surface area contributed by atoms with Crippen molar-refractivity contribution in [1.29, 1.82) is 0 Å². The maximum Gasteiger partial charge on any atom is 0.181 e. The summed E-state index contributed by atoms with van der Waals surface area (Å²) in [6.45, 7) is 8.07. The van der Waals surface area contributed by atoms with Crippen LogP contribution in [0.2, 0.25) is 0 Å². The first kappa shape index (κ1) is 10.6. The van der Waals surface area contributed by atoms with E-state index in [0.29, 0.717) is 5.13 Å². The fourth-order valence-electron chi connectivity index (χ4n) is 0.806. The third-order valence-electron chi connectivity index (χ3n) is 1.68. The first-order valence-electron chi connectivity index (χ1n) is 4.15. The lowest BCUT2D eigenvalue weighted by atomic mass is 10.3. The molecule has 4 heteroatoms. The predicted octanol–water partition coefficient (Wildman–Crippen LogP) is 3.09. The Labute approximate surface area is 87.3 Å². The van der Waals surface area contributed by atoms with Gasteiger partial charge in [-0.2, -0.15) is 0 Å². The predicted molar refractivity (Wildman–Crippen MR) is 61.4 cm³/mol. The van der Waals surface area contributed by atoms with Crippen molar-refractivity contribution in [2.24, 2.45) is 0 Å². The molecule has 1 aromatic rings. The van der Waals surface area contributed by atoms with Crippen molar-refractivity contribution in [2.75, 3.05) is 11.5 Å². The molecule has 0 atom stereocenters. The van der Waals surface area contributed by atoms with Crippen molar-refractivity contribution >= 4 is 28.2 Å². The Kier molecular flexibility index (Phi) is 3.81. The van der Waals surface area contributed by atoms with Crippen LogP contribution < -0.4 is 5.73 Å². The Morgan fingerprint density at radius 2 is 2.38 bits per heavy atom. The molecule has 13 heavy (non-hydrogen) atoms. The van der Waals surface area contributed by atoms with Crippen molar-refractivity contribution in [2.45, 2.75) is 24.5 Å². The first-order chi connectivity index (χ1) is 6.13. The summed E-state index contributed by atoms with van der Waals surface area (Å²) in [6, 6.07) is 0. The molecule has 1 heterocycles. The number of nitrogens with zero attached hydrogens (tertiary/aromatic N) is 1. The smallest absolute Gasteiger partial charge is 0.181 e. The Bertz CT molecular complexity index is 305. The molecule has 0 saturated heterocycles. The van der Waals surface area contributed by atoms with Gasteiger partial charge in [-0.15, -0.1) is 11.8 Å². The number of nitrogens with two attached hydrogens (primary N) is 1. The molecule has 72 valence electrons. The zero-order valence-corrected chi connectivity index (χ0v) is 9.60. The van der Waals surface area contributed by atoms with E-state index in [2.05, 4.69) is 18.5 Å². The van der Waals surface area contributed by atoms with Gasteiger partial charge in [0.1, 0.15) is 0 Å². The second-order valence-corrected chi connectivity index (χ2v) is 5.09. The van der Waals surface area contributed by atoms with Crippen LogP contribution in [0, 0.1) is 6.92 Å². The van der Waals surface area contributed by atoms with Gasteiger partial charge in [0.25, 0.3) is 0 Å². The van der Waals surface area contributed by atoms with E-state index in [1.165, 1.54) is 9.78 Å². The fraction of sp³-hybridized carbons (Fsp3) is 0.444. The van der Waals surface area contributed by atoms with Crippen LogP contribution in [0.4, 0.5) is 5.13 Å². The molecule has 1 aromatic heterocycles. The molecule has 2 nitrogen and oxygen atoms in total. The van der Waals surface area contributed by atoms with E-state index >= 15 is 0 Å². The Morgan fingerprint density at radius 1 is 1.69 bits per heavy atom. The van der Waals surface area contributed by atoms with Gasteiger partial charge in [0.05, 0.1) is 9.90 Å². The van der Waals surface area contributed by atoms with E-state index in [4.69, 9.17) is 5.73 Å². The Morgan fingerprint density at radius 3 is 2.85 bits per heavy atom. The minimum atomic E-state index is 0.655. The third-order valence-corrected chi connectivity index (χ3v) is 4.17. The normalized spacial score (nSPS) is 10.3. The van der Waals surface area contributed by atoms with Crippen LogP contribution in [0.1, 0.15) is 19.0 Å². The van der Waals surface area contributed by atoms with Crippen molar-refractivity contribution in [1.82, 2.24) is 4.98 Å². The van der Waals surface area contributed by atoms with Crippen molar-refractivity contribution in [3.8, 4) is 0 Å². The quantitative estimate of drug-likeness (QED) is 0.618. The van der Waals surface area contributed by atoms with Gasteiger partial charge in [0.15, 0.2) is 5.13 Å². The number of hydrogen-bond acceptors (Lipinski definition) is 4. The van der Waals surface area contributed by atoms with Gasteiger partial charge < -0.3 is 5.73 Å². The lowest BCUT2D eigenvalue weighted by Gasteiger charge is -1.99. The SMILES string of the molecule is C=C(CC)CSc1sc(N)nc1C. The van der Waals surface area contributed by atoms with Crippen molar-refractivity contribution in [3.63, 3.8) is 0 Å². The van der Waals surface area contributed by atoms with Gasteiger partial charge in [-0.25, -0.2) is 4.98 Å². The number of nitrogen functional groups attached to an aromatic ring is 1. The molecule has 2 N–H and O–H groups in total. The molecule has 0 bridgehead atoms. The van der Waals surface area contributed by atoms with Crippen LogP contribution >= 0.6 is 23.1 Å². The van der Waals surface area contributed by atoms with E-state index in [9.17, 15) is 0 Å². The summed E-state index contributed by atoms with van der Waals surface area (Å²) in [6.07, 6.45) is 1.04. The van der Waals surface area contributed by atoms with E-state index < -0.39 is 0 Å². The highest BCUT2D eigenvalue weighted by Crippen LogP contribution is 2.31. The molecular formula is C9H14N2S2. The van der Waals surface area contributed by atoms with Gasteiger partial charge in [-0.05, 0) is 13.3 Å². The van der Waals surface area contributed by atoms with Crippen LogP contribution in [0.25, 0.3) is 0 Å². The summed E-state index contributed by atoms with van der Waals surface area (Å²) in [5.74, 6) is 0.971. The van der Waals surface area contributed by atoms with Crippen LogP contribution in [0.5, 0.6) is 0 Å². The molecular weight excluding hydrogens is 200 g/mol. The topological polar surface area (TPSA) is 38.9 Å². The molecule has 0 saturated carbocycles. The summed E-state index contributed by atoms with van der Waals surface area (Å²) < 4.78 is 1.21. The zero-order chi connectivity index (χ0) is 9.84. The fourth-order valence-corrected chi connectivity index (χ4v) is 2.83. The van der Waals surface area contributed by atoms with Gasteiger partial charge >= 0.3 is 0 Å². The summed E-state index contributed by atoms with van der Waals surface area (Å²) in [5, 5.41) is 0.655. The molecule has 0 aliphatic heterocycles. The number of thiazole rings is 1. The average Bonchev–Trinajstić information content (AvgIpc) is 2.41. The van der Waals surface area contributed by atoms with Crippen molar-refractivity contribution in [3.05, 3.63) is 17.8 Å². The summed E-state index contributed by atoms with van der Waals surface area (Å²) >= 11 is 3.33. The van der Waals surface area contributed by atoms with Gasteiger partial charge in [0.2, 0.25) is 0 Å². The largest absolute Gasteiger partial charge is 0.375 e. The van der Waals surface area contributed by atoms with E-state index in [1.807, 2.05) is 6.92 Å². The minimum Gasteiger partial charge on any atom is -0.375 e. The standard InChI is InChI=1S/C9H14N2S2/c1-4-6(2)5-12-8-7(3)11-9(10)13-8/h2,4-5H2,1,3H3,(H2,10,11). The zero-order valence-electron chi connectivity index (χ0n) is 7.96. The number of anilines is 1. The second kappa shape index (κ2) is 4.67. The highest BCUT2D eigenvalue weighted by molar-refractivity contribution is 8.01. The van der Waals surface area contributed by atoms with Gasteiger partial charge in [-0.3, -0.25) is 0 Å². The number of hydrogen-bond donors (Lipinski definition) is 1. The van der Waals surface area contributed by atoms with E-state index in [1.54, 1.807) is 23.1 Å². The average molecular weight is 214 g/mol. The number of aromatic nitrogens is 1. The Hall–Kier alpha value is -0.480. The third kappa shape index (κ3) is 3.04. The van der Waals surface area contributed by atoms with Gasteiger partial charge in [0, 0.05) is 5.75 Å². The lowest BCUT2D eigenvalue weighted by Crippen LogP contribution is -1.83. The number of rotatable bonds is 4. The van der Waals surface area contributed by atoms with Crippen LogP contribution in [-0.4, -0.2) is 10.7 Å². The minimum absolute atomic E-state index is 0.655. The molecule has 0 unspecified atom stereocenters. The molecule has 1 rings (SSSR count). The van der Waals surface area contributed by atoms with Gasteiger partial charge in [-0.1, -0.05) is 30.4 Å². The lowest BCUT2D eigenvalue weighted by molar-refractivity contribution is 1.12. The van der Waals surface area contributed by atoms with E-state index in [0.717, 1.165) is 17.9 Å². The van der Waals surface area contributed by atoms with Crippen molar-refractivity contribution < 1.29 is 0 Å². The van der Waals surface area contributed by atoms with Crippen LogP contribution in [-0.2, 0) is 0 Å². The molecule has 0 fully saturated rings. The summed E-state index contributed by atoms with van der Waals surface area (Å²) in [7, 11) is 0. The summed E-state index contributed by atoms with van der Waals surface area (Å²) in [4.78, 5) is 4.16. The second-order valence-electron chi connectivity index (χ2n) is 2.82. The molecule has 0 aliphatic carbocycles. The molecule has 0 radical (unpaired) electrons. The molecule has 0 aromatic carbocycles. The highest BCUT2D eigenvalue weighted by atomic mass is 32.2. The monoisotopic (exact) mass is 214 g/mol. The molecule has 0 amide bonds. The van der Waals surface area contributed by atoms with E-state index in [-0.39, 0.29) is 0 Å². The molecule has 0 spiro atoms. The van der Waals surface area contributed by atoms with Crippen LogP contribution in [0.15, 0.2) is 16.4 Å². The maximum absolute atomic E-state index is 5.59.